The number of hydrogen-bond acceptors (Lipinski definition) is 2. The molecular weight excluding hydrogens is 401 g/mol. The lowest BCUT2D eigenvalue weighted by atomic mass is 9.91. The summed E-state index contributed by atoms with van der Waals surface area (Å²) < 4.78 is 164. The Hall–Kier alpha value is -1.48. The quantitative estimate of drug-likeness (QED) is 0.635. The van der Waals surface area contributed by atoms with Crippen LogP contribution in [-0.2, 0) is 4.79 Å². The average molecular weight is 407 g/mol. The minimum absolute atomic E-state index is 2.49. The van der Waals surface area contributed by atoms with Crippen LogP contribution in [0, 0.1) is 0 Å². The molecule has 25 heavy (non-hydrogen) atoms. The summed E-state index contributed by atoms with van der Waals surface area (Å²) in [5.74, 6) is -40.3. The Morgan fingerprint density at radius 2 is 1.04 bits per heavy atom. The van der Waals surface area contributed by atoms with Crippen LogP contribution in [0.15, 0.2) is 0 Å². The Kier molecular flexibility index (Phi) is 5.69. The maximum absolute atomic E-state index is 13.1. The van der Waals surface area contributed by atoms with Crippen molar-refractivity contribution >= 4 is 5.97 Å². The molecule has 0 aromatic carbocycles. The number of hydrogen-bond donors (Lipinski definition) is 2. The molecule has 0 aromatic rings. The van der Waals surface area contributed by atoms with Gasteiger partial charge >= 0.3 is 41.8 Å². The van der Waals surface area contributed by atoms with Gasteiger partial charge < -0.3 is 10.8 Å². The van der Waals surface area contributed by atoms with Gasteiger partial charge in [-0.2, -0.15) is 57.1 Å². The van der Waals surface area contributed by atoms with E-state index in [1.165, 1.54) is 0 Å². The number of nitrogens with two attached hydrogens (primary N) is 1. The summed E-state index contributed by atoms with van der Waals surface area (Å²) >= 11 is 0. The zero-order valence-corrected chi connectivity index (χ0v) is 11.1. The van der Waals surface area contributed by atoms with Crippen molar-refractivity contribution in [3.8, 4) is 0 Å². The van der Waals surface area contributed by atoms with Crippen LogP contribution in [0.2, 0.25) is 0 Å². The van der Waals surface area contributed by atoms with Crippen LogP contribution < -0.4 is 5.73 Å². The van der Waals surface area contributed by atoms with E-state index in [-0.39, 0.29) is 0 Å². The van der Waals surface area contributed by atoms with E-state index in [1.54, 1.807) is 0 Å². The van der Waals surface area contributed by atoms with Gasteiger partial charge in [-0.05, 0) is 0 Å². The van der Waals surface area contributed by atoms with E-state index in [9.17, 15) is 61.9 Å². The van der Waals surface area contributed by atoms with E-state index >= 15 is 0 Å². The van der Waals surface area contributed by atoms with E-state index in [0.29, 0.717) is 0 Å². The minimum Gasteiger partial charge on any atom is -0.480 e. The van der Waals surface area contributed by atoms with Crippen LogP contribution in [0.25, 0.3) is 0 Å². The molecule has 0 unspecified atom stereocenters. The fourth-order valence-electron chi connectivity index (χ4n) is 1.29. The van der Waals surface area contributed by atoms with Gasteiger partial charge in [0.1, 0.15) is 6.04 Å². The summed E-state index contributed by atoms with van der Waals surface area (Å²) in [5, 5.41) is 8.10. The molecule has 3 N–H and O–H groups in total. The van der Waals surface area contributed by atoms with Gasteiger partial charge in [0.25, 0.3) is 0 Å². The molecule has 150 valence electrons. The molecule has 16 heteroatoms. The summed E-state index contributed by atoms with van der Waals surface area (Å²) in [6.07, 6.45) is -10.5. The van der Waals surface area contributed by atoms with Crippen LogP contribution in [0.5, 0.6) is 0 Å². The summed E-state index contributed by atoms with van der Waals surface area (Å²) in [7, 11) is 0. The molecule has 0 aliphatic heterocycles. The molecule has 0 saturated carbocycles. The lowest BCUT2D eigenvalue weighted by Crippen LogP contribution is -2.70. The molecule has 0 heterocycles. The second kappa shape index (κ2) is 6.05. The number of aliphatic carboxylic acids is 1. The second-order valence-corrected chi connectivity index (χ2v) is 4.65. The predicted octanol–water partition coefficient (Wildman–Crippen LogP) is 3.53. The van der Waals surface area contributed by atoms with Gasteiger partial charge in [-0.1, -0.05) is 0 Å². The highest BCUT2D eigenvalue weighted by molar-refractivity contribution is 5.73. The van der Waals surface area contributed by atoms with Crippen molar-refractivity contribution in [3.63, 3.8) is 0 Å². The minimum atomic E-state index is -8.02. The van der Waals surface area contributed by atoms with Gasteiger partial charge in [0, 0.05) is 6.42 Å². The van der Waals surface area contributed by atoms with E-state index in [2.05, 4.69) is 5.73 Å². The Morgan fingerprint density at radius 3 is 1.32 bits per heavy atom. The first-order chi connectivity index (χ1) is 10.6. The molecule has 1 atom stereocenters. The topological polar surface area (TPSA) is 63.3 Å². The van der Waals surface area contributed by atoms with Crippen LogP contribution in [0.4, 0.5) is 57.1 Å². The first-order valence-electron chi connectivity index (χ1n) is 5.52. The molecule has 0 saturated heterocycles. The second-order valence-electron chi connectivity index (χ2n) is 4.65. The lowest BCUT2D eigenvalue weighted by Gasteiger charge is -2.40. The fraction of sp³-hybridized carbons (Fsp3) is 0.889. The highest BCUT2D eigenvalue weighted by Gasteiger charge is 2.90. The van der Waals surface area contributed by atoms with E-state index in [1.807, 2.05) is 0 Å². The lowest BCUT2D eigenvalue weighted by molar-refractivity contribution is -0.440. The standard InChI is InChI=1S/C9H6F13NO2/c10-4(11,1-2(23)3(24)25)5(12,13)6(14,15)7(16,17)8(18,19)9(20,21)22/h2H,1,23H2,(H,24,25)/t2-/m1/s1. The van der Waals surface area contributed by atoms with E-state index < -0.39 is 54.2 Å². The van der Waals surface area contributed by atoms with Gasteiger partial charge in [0.15, 0.2) is 0 Å². The van der Waals surface area contributed by atoms with Gasteiger partial charge in [-0.25, -0.2) is 0 Å². The third-order valence-corrected chi connectivity index (χ3v) is 2.79. The molecule has 0 fully saturated rings. The summed E-state index contributed by atoms with van der Waals surface area (Å²) in [6.45, 7) is 0. The fourth-order valence-corrected chi connectivity index (χ4v) is 1.29. The molecule has 0 bridgehead atoms. The van der Waals surface area contributed by atoms with E-state index in [4.69, 9.17) is 5.11 Å². The zero-order valence-electron chi connectivity index (χ0n) is 11.1. The van der Waals surface area contributed by atoms with Crippen molar-refractivity contribution in [1.82, 2.24) is 0 Å². The van der Waals surface area contributed by atoms with Crippen molar-refractivity contribution in [3.05, 3.63) is 0 Å². The molecular formula is C9H6F13NO2. The SMILES string of the molecule is N[C@H](CC(F)(F)C(F)(F)C(F)(F)C(F)(F)C(F)(F)C(F)(F)F)C(=O)O. The number of carboxylic acids is 1. The number of carboxylic acid groups (broad SMARTS) is 1. The first-order valence-corrected chi connectivity index (χ1v) is 5.52. The van der Waals surface area contributed by atoms with Crippen molar-refractivity contribution < 1.29 is 67.0 Å². The smallest absolute Gasteiger partial charge is 0.460 e. The molecule has 0 radical (unpaired) electrons. The molecule has 0 spiro atoms. The Bertz CT molecular complexity index is 512. The summed E-state index contributed by atoms with van der Waals surface area (Å²) in [5.41, 5.74) is 4.33. The number of halogens is 13. The predicted molar refractivity (Wildman–Crippen MR) is 51.0 cm³/mol. The van der Waals surface area contributed by atoms with Crippen molar-refractivity contribution in [1.29, 1.82) is 0 Å². The molecule has 3 nitrogen and oxygen atoms in total. The monoisotopic (exact) mass is 407 g/mol. The third-order valence-electron chi connectivity index (χ3n) is 2.79. The van der Waals surface area contributed by atoms with Crippen LogP contribution >= 0.6 is 0 Å². The Balaban J connectivity index is 6.16. The summed E-state index contributed by atoms with van der Waals surface area (Å²) in [4.78, 5) is 10.1. The Labute approximate surface area is 128 Å². The average Bonchev–Trinajstić information content (AvgIpc) is 2.35. The van der Waals surface area contributed by atoms with Gasteiger partial charge in [-0.15, -0.1) is 0 Å². The van der Waals surface area contributed by atoms with Gasteiger partial charge in [0.2, 0.25) is 0 Å². The molecule has 0 rings (SSSR count). The van der Waals surface area contributed by atoms with Gasteiger partial charge in [-0.3, -0.25) is 4.79 Å². The van der Waals surface area contributed by atoms with Crippen molar-refractivity contribution in [2.45, 2.75) is 48.3 Å². The largest absolute Gasteiger partial charge is 0.480 e. The van der Waals surface area contributed by atoms with Crippen molar-refractivity contribution in [2.24, 2.45) is 5.73 Å². The number of carbonyl (C=O) groups is 1. The van der Waals surface area contributed by atoms with Crippen LogP contribution in [0.1, 0.15) is 6.42 Å². The molecule has 0 amide bonds. The highest BCUT2D eigenvalue weighted by Crippen LogP contribution is 2.60. The first kappa shape index (κ1) is 23.5. The number of rotatable bonds is 7. The highest BCUT2D eigenvalue weighted by atomic mass is 19.4. The summed E-state index contributed by atoms with van der Waals surface area (Å²) in [6, 6.07) is -3.05. The van der Waals surface area contributed by atoms with Crippen molar-refractivity contribution in [2.75, 3.05) is 0 Å². The van der Waals surface area contributed by atoms with Gasteiger partial charge in [0.05, 0.1) is 0 Å². The Morgan fingerprint density at radius 1 is 0.720 bits per heavy atom. The molecule has 0 aliphatic rings. The van der Waals surface area contributed by atoms with Crippen LogP contribution in [-0.4, -0.2) is 52.9 Å². The maximum Gasteiger partial charge on any atom is 0.460 e. The van der Waals surface area contributed by atoms with E-state index in [0.717, 1.165) is 0 Å². The number of alkyl halides is 13. The zero-order chi connectivity index (χ0) is 20.9. The normalized spacial score (nSPS) is 16.7. The van der Waals surface area contributed by atoms with Crippen LogP contribution in [0.3, 0.4) is 0 Å². The third kappa shape index (κ3) is 3.44. The molecule has 0 aromatic heterocycles. The maximum atomic E-state index is 13.1. The molecule has 0 aliphatic carbocycles.